The van der Waals surface area contributed by atoms with Crippen LogP contribution < -0.4 is 0 Å². The number of pyridine rings is 1. The first-order chi connectivity index (χ1) is 6.63. The molecular formula is C10H13NO3. The second-order valence-electron chi connectivity index (χ2n) is 3.08. The Hall–Kier alpha value is -1.42. The lowest BCUT2D eigenvalue weighted by Gasteiger charge is -2.03. The topological polar surface area (TPSA) is 59.4 Å². The zero-order valence-electron chi connectivity index (χ0n) is 8.23. The fraction of sp³-hybridized carbons (Fsp3) is 0.400. The van der Waals surface area contributed by atoms with Crippen LogP contribution in [0.2, 0.25) is 0 Å². The molecule has 4 nitrogen and oxygen atoms in total. The number of aromatic nitrogens is 1. The highest BCUT2D eigenvalue weighted by atomic mass is 16.5. The van der Waals surface area contributed by atoms with Gasteiger partial charge in [-0.25, -0.2) is 4.79 Å². The van der Waals surface area contributed by atoms with Gasteiger partial charge in [0.05, 0.1) is 18.8 Å². The van der Waals surface area contributed by atoms with Crippen LogP contribution in [0.4, 0.5) is 0 Å². The van der Waals surface area contributed by atoms with Gasteiger partial charge in [0.1, 0.15) is 0 Å². The number of ether oxygens (including phenoxy) is 1. The first-order valence-electron chi connectivity index (χ1n) is 4.35. The normalized spacial score (nSPS) is 12.2. The molecule has 0 fully saturated rings. The molecule has 4 heteroatoms. The summed E-state index contributed by atoms with van der Waals surface area (Å²) >= 11 is 0. The summed E-state index contributed by atoms with van der Waals surface area (Å²) in [6.07, 6.45) is 1.51. The van der Waals surface area contributed by atoms with Gasteiger partial charge in [-0.1, -0.05) is 0 Å². The average molecular weight is 195 g/mol. The van der Waals surface area contributed by atoms with Crippen molar-refractivity contribution in [3.63, 3.8) is 0 Å². The lowest BCUT2D eigenvalue weighted by Crippen LogP contribution is -2.07. The summed E-state index contributed by atoms with van der Waals surface area (Å²) in [5.74, 6) is -0.402. The molecule has 0 aromatic carbocycles. The number of aliphatic hydroxyl groups excluding tert-OH is 1. The standard InChI is InChI=1S/C10H13NO3/c1-7(12)5-9-4-3-8(6-11-9)10(13)14-2/h3-4,6-7,12H,5H2,1-2H3/t7-/m0/s1. The van der Waals surface area contributed by atoms with Crippen molar-refractivity contribution >= 4 is 5.97 Å². The number of carbonyl (C=O) groups excluding carboxylic acids is 1. The lowest BCUT2D eigenvalue weighted by atomic mass is 10.2. The smallest absolute Gasteiger partial charge is 0.339 e. The SMILES string of the molecule is COC(=O)c1ccc(C[C@H](C)O)nc1. The van der Waals surface area contributed by atoms with E-state index in [1.54, 1.807) is 19.1 Å². The maximum atomic E-state index is 11.0. The number of carbonyl (C=O) groups is 1. The molecule has 0 unspecified atom stereocenters. The van der Waals surface area contributed by atoms with Crippen LogP contribution in [0.5, 0.6) is 0 Å². The quantitative estimate of drug-likeness (QED) is 0.724. The van der Waals surface area contributed by atoms with Crippen molar-refractivity contribution in [2.75, 3.05) is 7.11 Å². The number of nitrogens with zero attached hydrogens (tertiary/aromatic N) is 1. The van der Waals surface area contributed by atoms with E-state index in [0.29, 0.717) is 12.0 Å². The Labute approximate surface area is 82.5 Å². The molecule has 0 spiro atoms. The summed E-state index contributed by atoms with van der Waals surface area (Å²) in [7, 11) is 1.33. The lowest BCUT2D eigenvalue weighted by molar-refractivity contribution is 0.0600. The fourth-order valence-corrected chi connectivity index (χ4v) is 1.09. The van der Waals surface area contributed by atoms with Crippen LogP contribution in [0.3, 0.4) is 0 Å². The van der Waals surface area contributed by atoms with Gasteiger partial charge in [-0.15, -0.1) is 0 Å². The highest BCUT2D eigenvalue weighted by Crippen LogP contribution is 2.04. The van der Waals surface area contributed by atoms with Crippen LogP contribution in [-0.2, 0) is 11.2 Å². The van der Waals surface area contributed by atoms with Crippen molar-refractivity contribution in [3.8, 4) is 0 Å². The molecule has 0 saturated heterocycles. The molecule has 1 aromatic rings. The van der Waals surface area contributed by atoms with Crippen LogP contribution >= 0.6 is 0 Å². The monoisotopic (exact) mass is 195 g/mol. The Balaban J connectivity index is 2.73. The second-order valence-corrected chi connectivity index (χ2v) is 3.08. The zero-order valence-corrected chi connectivity index (χ0v) is 8.23. The average Bonchev–Trinajstić information content (AvgIpc) is 2.17. The molecule has 0 aliphatic carbocycles. The third-order valence-corrected chi connectivity index (χ3v) is 1.75. The van der Waals surface area contributed by atoms with Gasteiger partial charge in [0, 0.05) is 18.3 Å². The van der Waals surface area contributed by atoms with E-state index in [2.05, 4.69) is 9.72 Å². The Morgan fingerprint density at radius 1 is 1.64 bits per heavy atom. The number of hydrogen-bond donors (Lipinski definition) is 1. The summed E-state index contributed by atoms with van der Waals surface area (Å²) in [5, 5.41) is 9.10. The van der Waals surface area contributed by atoms with Crippen molar-refractivity contribution < 1.29 is 14.6 Å². The third-order valence-electron chi connectivity index (χ3n) is 1.75. The Morgan fingerprint density at radius 2 is 2.36 bits per heavy atom. The molecule has 76 valence electrons. The highest BCUT2D eigenvalue weighted by Gasteiger charge is 2.06. The van der Waals surface area contributed by atoms with E-state index in [-0.39, 0.29) is 0 Å². The minimum absolute atomic E-state index is 0.402. The maximum absolute atomic E-state index is 11.0. The van der Waals surface area contributed by atoms with Crippen LogP contribution in [-0.4, -0.2) is 29.3 Å². The van der Waals surface area contributed by atoms with Crippen molar-refractivity contribution in [3.05, 3.63) is 29.6 Å². The molecule has 1 heterocycles. The number of esters is 1. The van der Waals surface area contributed by atoms with Crippen molar-refractivity contribution in [1.29, 1.82) is 0 Å². The summed E-state index contributed by atoms with van der Waals surface area (Å²) < 4.78 is 4.53. The van der Waals surface area contributed by atoms with Gasteiger partial charge in [0.25, 0.3) is 0 Å². The van der Waals surface area contributed by atoms with Crippen LogP contribution in [0.15, 0.2) is 18.3 Å². The van der Waals surface area contributed by atoms with E-state index in [1.807, 2.05) is 0 Å². The predicted molar refractivity (Wildman–Crippen MR) is 51.0 cm³/mol. The molecule has 0 aliphatic heterocycles. The van der Waals surface area contributed by atoms with Crippen LogP contribution in [0, 0.1) is 0 Å². The fourth-order valence-electron chi connectivity index (χ4n) is 1.09. The van der Waals surface area contributed by atoms with Gasteiger partial charge in [-0.3, -0.25) is 4.98 Å². The minimum atomic E-state index is -0.425. The first kappa shape index (κ1) is 10.7. The number of methoxy groups -OCH3 is 1. The molecule has 0 radical (unpaired) electrons. The highest BCUT2D eigenvalue weighted by molar-refractivity contribution is 5.88. The Kier molecular flexibility index (Phi) is 3.59. The second kappa shape index (κ2) is 4.72. The first-order valence-corrected chi connectivity index (χ1v) is 4.35. The van der Waals surface area contributed by atoms with Gasteiger partial charge in [0.2, 0.25) is 0 Å². The molecule has 1 rings (SSSR count). The number of hydrogen-bond acceptors (Lipinski definition) is 4. The third kappa shape index (κ3) is 2.81. The Morgan fingerprint density at radius 3 is 2.79 bits per heavy atom. The molecule has 14 heavy (non-hydrogen) atoms. The van der Waals surface area contributed by atoms with E-state index in [0.717, 1.165) is 5.69 Å². The van der Waals surface area contributed by atoms with Gasteiger partial charge < -0.3 is 9.84 Å². The predicted octanol–water partition coefficient (Wildman–Crippen LogP) is 0.792. The number of rotatable bonds is 3. The van der Waals surface area contributed by atoms with Crippen molar-refractivity contribution in [2.45, 2.75) is 19.4 Å². The summed E-state index contributed by atoms with van der Waals surface area (Å²) in [6.45, 7) is 1.69. The van der Waals surface area contributed by atoms with Gasteiger partial charge in [-0.05, 0) is 19.1 Å². The molecule has 0 aliphatic rings. The molecular weight excluding hydrogens is 182 g/mol. The Bertz CT molecular complexity index is 306. The van der Waals surface area contributed by atoms with Gasteiger partial charge in [-0.2, -0.15) is 0 Å². The molecule has 0 bridgehead atoms. The zero-order chi connectivity index (χ0) is 10.6. The molecule has 0 amide bonds. The molecule has 1 N–H and O–H groups in total. The van der Waals surface area contributed by atoms with Crippen LogP contribution in [0.1, 0.15) is 23.0 Å². The largest absolute Gasteiger partial charge is 0.465 e. The van der Waals surface area contributed by atoms with E-state index >= 15 is 0 Å². The van der Waals surface area contributed by atoms with Gasteiger partial charge in [0.15, 0.2) is 0 Å². The van der Waals surface area contributed by atoms with Crippen molar-refractivity contribution in [1.82, 2.24) is 4.98 Å². The van der Waals surface area contributed by atoms with Crippen molar-refractivity contribution in [2.24, 2.45) is 0 Å². The minimum Gasteiger partial charge on any atom is -0.465 e. The molecule has 1 aromatic heterocycles. The summed E-state index contributed by atoms with van der Waals surface area (Å²) in [4.78, 5) is 15.1. The summed E-state index contributed by atoms with van der Waals surface area (Å²) in [5.41, 5.74) is 1.18. The van der Waals surface area contributed by atoms with E-state index in [9.17, 15) is 4.79 Å². The van der Waals surface area contributed by atoms with Crippen LogP contribution in [0.25, 0.3) is 0 Å². The summed E-state index contributed by atoms with van der Waals surface area (Å²) in [6, 6.07) is 3.34. The maximum Gasteiger partial charge on any atom is 0.339 e. The molecule has 1 atom stereocenters. The molecule has 0 saturated carbocycles. The number of aliphatic hydroxyl groups is 1. The van der Waals surface area contributed by atoms with E-state index in [1.165, 1.54) is 13.3 Å². The van der Waals surface area contributed by atoms with Gasteiger partial charge >= 0.3 is 5.97 Å². The van der Waals surface area contributed by atoms with E-state index < -0.39 is 12.1 Å². The van der Waals surface area contributed by atoms with E-state index in [4.69, 9.17) is 5.11 Å².